The molecule has 0 unspecified atom stereocenters. The van der Waals surface area contributed by atoms with Crippen molar-refractivity contribution in [1.29, 1.82) is 0 Å². The lowest BCUT2D eigenvalue weighted by molar-refractivity contribution is 0.0386. The molecule has 2 fully saturated rings. The van der Waals surface area contributed by atoms with Crippen LogP contribution in [0.2, 0.25) is 0 Å². The van der Waals surface area contributed by atoms with Crippen molar-refractivity contribution in [1.82, 2.24) is 15.1 Å². The number of ether oxygens (including phenoxy) is 1. The molecule has 0 spiro atoms. The molecule has 3 aromatic rings. The van der Waals surface area contributed by atoms with Crippen LogP contribution in [-0.2, 0) is 5.92 Å². The van der Waals surface area contributed by atoms with E-state index < -0.39 is 5.92 Å². The SMILES string of the molecule is C=C(C)C(F)(F)c1ccc(N(c2cnccc2OC2CC2)C2CCN(c3ncon3)CC2)cc1. The molecule has 1 aliphatic heterocycles. The summed E-state index contributed by atoms with van der Waals surface area (Å²) < 4.78 is 40.1. The molecule has 1 saturated heterocycles. The van der Waals surface area contributed by atoms with Crippen LogP contribution in [0.25, 0.3) is 0 Å². The first-order valence-electron chi connectivity index (χ1n) is 11.5. The van der Waals surface area contributed by atoms with E-state index in [2.05, 4.69) is 31.5 Å². The molecule has 2 aromatic heterocycles. The Morgan fingerprint density at radius 3 is 2.50 bits per heavy atom. The summed E-state index contributed by atoms with van der Waals surface area (Å²) >= 11 is 0. The van der Waals surface area contributed by atoms with Crippen molar-refractivity contribution in [2.45, 2.75) is 50.7 Å². The number of halogens is 2. The number of benzene rings is 1. The molecule has 0 atom stereocenters. The Labute approximate surface area is 197 Å². The second-order valence-electron chi connectivity index (χ2n) is 8.88. The molecule has 1 saturated carbocycles. The Balaban J connectivity index is 1.46. The van der Waals surface area contributed by atoms with Crippen molar-refractivity contribution in [3.63, 3.8) is 0 Å². The highest BCUT2D eigenvalue weighted by molar-refractivity contribution is 5.70. The predicted molar refractivity (Wildman–Crippen MR) is 125 cm³/mol. The van der Waals surface area contributed by atoms with Gasteiger partial charge < -0.3 is 19.1 Å². The van der Waals surface area contributed by atoms with Crippen LogP contribution in [0.5, 0.6) is 5.75 Å². The molecule has 1 aromatic carbocycles. The zero-order valence-electron chi connectivity index (χ0n) is 19.0. The number of piperidine rings is 1. The highest BCUT2D eigenvalue weighted by Crippen LogP contribution is 2.41. The standard InChI is InChI=1S/C25H27F2N5O2/c1-17(2)25(26,27)18-3-5-19(6-4-18)32(22-15-28-12-9-23(22)34-21-7-8-21)20-10-13-31(14-11-20)24-29-16-33-30-24/h3-6,9,12,15-16,20-21H,1,7-8,10-11,13-14H2,2H3. The first kappa shape index (κ1) is 22.3. The number of hydrogen-bond donors (Lipinski definition) is 0. The normalized spacial score (nSPS) is 17.0. The third-order valence-corrected chi connectivity index (χ3v) is 6.34. The van der Waals surface area contributed by atoms with E-state index in [0.717, 1.165) is 55.9 Å². The van der Waals surface area contributed by atoms with Crippen LogP contribution in [0, 0.1) is 0 Å². The van der Waals surface area contributed by atoms with Gasteiger partial charge in [-0.25, -0.2) is 0 Å². The average Bonchev–Trinajstić information content (AvgIpc) is 3.49. The molecule has 0 N–H and O–H groups in total. The van der Waals surface area contributed by atoms with Gasteiger partial charge in [0.2, 0.25) is 6.39 Å². The van der Waals surface area contributed by atoms with Gasteiger partial charge in [0.15, 0.2) is 0 Å². The minimum absolute atomic E-state index is 0.0729. The molecule has 9 heteroatoms. The number of pyridine rings is 1. The summed E-state index contributed by atoms with van der Waals surface area (Å²) in [4.78, 5) is 12.8. The molecule has 178 valence electrons. The Bertz CT molecular complexity index is 1120. The van der Waals surface area contributed by atoms with E-state index in [1.165, 1.54) is 25.5 Å². The summed E-state index contributed by atoms with van der Waals surface area (Å²) in [5, 5.41) is 3.94. The molecule has 0 bridgehead atoms. The summed E-state index contributed by atoms with van der Waals surface area (Å²) in [5.74, 6) is -1.74. The molecule has 3 heterocycles. The van der Waals surface area contributed by atoms with Crippen molar-refractivity contribution in [2.75, 3.05) is 22.9 Å². The van der Waals surface area contributed by atoms with Crippen LogP contribution in [0.1, 0.15) is 38.2 Å². The molecule has 1 aliphatic carbocycles. The van der Waals surface area contributed by atoms with Crippen molar-refractivity contribution in [3.8, 4) is 5.75 Å². The lowest BCUT2D eigenvalue weighted by Gasteiger charge is -2.40. The number of hydrogen-bond acceptors (Lipinski definition) is 7. The van der Waals surface area contributed by atoms with E-state index in [0.29, 0.717) is 5.95 Å². The quantitative estimate of drug-likeness (QED) is 0.406. The Morgan fingerprint density at radius 1 is 1.15 bits per heavy atom. The highest BCUT2D eigenvalue weighted by atomic mass is 19.3. The van der Waals surface area contributed by atoms with Gasteiger partial charge in [0.05, 0.1) is 12.3 Å². The maximum Gasteiger partial charge on any atom is 0.294 e. The first-order chi connectivity index (χ1) is 16.4. The monoisotopic (exact) mass is 467 g/mol. The summed E-state index contributed by atoms with van der Waals surface area (Å²) in [6, 6.07) is 8.42. The van der Waals surface area contributed by atoms with Gasteiger partial charge in [0, 0.05) is 42.6 Å². The number of allylic oxidation sites excluding steroid dienone is 1. The summed E-state index contributed by atoms with van der Waals surface area (Å²) in [6.45, 7) is 6.27. The highest BCUT2D eigenvalue weighted by Gasteiger charge is 2.34. The van der Waals surface area contributed by atoms with Gasteiger partial charge in [-0.05, 0) is 55.5 Å². The largest absolute Gasteiger partial charge is 0.488 e. The third-order valence-electron chi connectivity index (χ3n) is 6.34. The molecular weight excluding hydrogens is 440 g/mol. The van der Waals surface area contributed by atoms with Crippen LogP contribution in [0.3, 0.4) is 0 Å². The number of aromatic nitrogens is 3. The summed E-state index contributed by atoms with van der Waals surface area (Å²) in [5.41, 5.74) is 1.40. The third kappa shape index (κ3) is 4.47. The summed E-state index contributed by atoms with van der Waals surface area (Å²) in [6.07, 6.45) is 8.76. The number of anilines is 3. The zero-order chi connectivity index (χ0) is 23.7. The van der Waals surface area contributed by atoms with Crippen LogP contribution < -0.4 is 14.5 Å². The lowest BCUT2D eigenvalue weighted by Crippen LogP contribution is -2.43. The lowest BCUT2D eigenvalue weighted by atomic mass is 9.99. The maximum atomic E-state index is 14.5. The van der Waals surface area contributed by atoms with Crippen LogP contribution in [0.4, 0.5) is 26.1 Å². The first-order valence-corrected chi connectivity index (χ1v) is 11.5. The van der Waals surface area contributed by atoms with Gasteiger partial charge >= 0.3 is 0 Å². The predicted octanol–water partition coefficient (Wildman–Crippen LogP) is 5.48. The van der Waals surface area contributed by atoms with Crippen LogP contribution >= 0.6 is 0 Å². The van der Waals surface area contributed by atoms with Gasteiger partial charge in [-0.3, -0.25) is 4.98 Å². The fourth-order valence-corrected chi connectivity index (χ4v) is 4.27. The van der Waals surface area contributed by atoms with E-state index in [9.17, 15) is 8.78 Å². The second kappa shape index (κ2) is 9.04. The number of nitrogens with zero attached hydrogens (tertiary/aromatic N) is 5. The molecular formula is C25H27F2N5O2. The fraction of sp³-hybridized carbons (Fsp3) is 0.400. The van der Waals surface area contributed by atoms with Crippen LogP contribution in [0.15, 0.2) is 65.8 Å². The minimum Gasteiger partial charge on any atom is -0.488 e. The topological polar surface area (TPSA) is 67.5 Å². The molecule has 0 amide bonds. The van der Waals surface area contributed by atoms with E-state index in [-0.39, 0.29) is 23.3 Å². The Morgan fingerprint density at radius 2 is 1.88 bits per heavy atom. The number of rotatable bonds is 8. The van der Waals surface area contributed by atoms with Gasteiger partial charge in [-0.1, -0.05) is 18.7 Å². The van der Waals surface area contributed by atoms with Crippen molar-refractivity contribution in [3.05, 3.63) is 66.8 Å². The minimum atomic E-state index is -3.08. The summed E-state index contributed by atoms with van der Waals surface area (Å²) in [7, 11) is 0. The smallest absolute Gasteiger partial charge is 0.294 e. The van der Waals surface area contributed by atoms with Crippen molar-refractivity contribution >= 4 is 17.3 Å². The van der Waals surface area contributed by atoms with Gasteiger partial charge in [0.25, 0.3) is 11.9 Å². The Hall–Kier alpha value is -3.49. The number of alkyl halides is 2. The second-order valence-corrected chi connectivity index (χ2v) is 8.88. The van der Waals surface area contributed by atoms with Gasteiger partial charge in [-0.2, -0.15) is 13.8 Å². The Kier molecular flexibility index (Phi) is 5.93. The van der Waals surface area contributed by atoms with Gasteiger partial charge in [0.1, 0.15) is 11.4 Å². The molecule has 5 rings (SSSR count). The molecule has 34 heavy (non-hydrogen) atoms. The van der Waals surface area contributed by atoms with E-state index in [4.69, 9.17) is 9.26 Å². The van der Waals surface area contributed by atoms with E-state index in [1.54, 1.807) is 24.5 Å². The van der Waals surface area contributed by atoms with E-state index in [1.807, 2.05) is 6.07 Å². The maximum absolute atomic E-state index is 14.5. The van der Waals surface area contributed by atoms with E-state index >= 15 is 0 Å². The fourth-order valence-electron chi connectivity index (χ4n) is 4.27. The van der Waals surface area contributed by atoms with Crippen molar-refractivity contribution < 1.29 is 18.0 Å². The van der Waals surface area contributed by atoms with Crippen LogP contribution in [-0.4, -0.2) is 40.4 Å². The average molecular weight is 468 g/mol. The molecule has 0 radical (unpaired) electrons. The molecule has 2 aliphatic rings. The van der Waals surface area contributed by atoms with Crippen molar-refractivity contribution in [2.24, 2.45) is 0 Å². The molecule has 7 nitrogen and oxygen atoms in total. The zero-order valence-corrected chi connectivity index (χ0v) is 19.0. The van der Waals surface area contributed by atoms with Gasteiger partial charge in [-0.15, -0.1) is 0 Å².